The zero-order chi connectivity index (χ0) is 12.1. The molecule has 1 aromatic heterocycles. The van der Waals surface area contributed by atoms with Gasteiger partial charge in [-0.3, -0.25) is 0 Å². The number of thioether (sulfide) groups is 1. The van der Waals surface area contributed by atoms with Crippen molar-refractivity contribution in [1.29, 1.82) is 0 Å². The van der Waals surface area contributed by atoms with Gasteiger partial charge in [0.2, 0.25) is 5.88 Å². The van der Waals surface area contributed by atoms with Gasteiger partial charge in [0.1, 0.15) is 5.03 Å². The van der Waals surface area contributed by atoms with E-state index < -0.39 is 0 Å². The van der Waals surface area contributed by atoms with Gasteiger partial charge < -0.3 is 10.5 Å². The van der Waals surface area contributed by atoms with Gasteiger partial charge in [0.05, 0.1) is 11.8 Å². The second-order valence-electron chi connectivity index (χ2n) is 4.42. The summed E-state index contributed by atoms with van der Waals surface area (Å²) >= 11 is 1.73. The van der Waals surface area contributed by atoms with Gasteiger partial charge in [0, 0.05) is 5.75 Å². The summed E-state index contributed by atoms with van der Waals surface area (Å²) in [5.74, 6) is 2.25. The Balaban J connectivity index is 2.73. The molecule has 1 rings (SSSR count). The summed E-state index contributed by atoms with van der Waals surface area (Å²) in [5.41, 5.74) is 6.40. The van der Waals surface area contributed by atoms with Crippen molar-refractivity contribution in [3.63, 3.8) is 0 Å². The minimum absolute atomic E-state index is 0.0974. The van der Waals surface area contributed by atoms with Crippen LogP contribution in [0, 0.1) is 5.92 Å². The second-order valence-corrected chi connectivity index (χ2v) is 5.46. The molecule has 0 saturated heterocycles. The summed E-state index contributed by atoms with van der Waals surface area (Å²) in [6.45, 7) is 8.32. The van der Waals surface area contributed by atoms with E-state index in [0.717, 1.165) is 10.8 Å². The van der Waals surface area contributed by atoms with Crippen molar-refractivity contribution in [1.82, 2.24) is 4.98 Å². The first-order valence-corrected chi connectivity index (χ1v) is 6.53. The molecule has 0 fully saturated rings. The van der Waals surface area contributed by atoms with Gasteiger partial charge in [-0.2, -0.15) is 0 Å². The Labute approximate surface area is 102 Å². The topological polar surface area (TPSA) is 48.1 Å². The van der Waals surface area contributed by atoms with Crippen LogP contribution in [0.4, 0.5) is 5.69 Å². The van der Waals surface area contributed by atoms with E-state index in [1.807, 2.05) is 26.0 Å². The molecule has 0 aliphatic carbocycles. The van der Waals surface area contributed by atoms with Crippen molar-refractivity contribution < 1.29 is 4.74 Å². The molecule has 0 unspecified atom stereocenters. The maximum absolute atomic E-state index is 5.80. The Morgan fingerprint density at radius 3 is 2.56 bits per heavy atom. The molecule has 1 heterocycles. The highest BCUT2D eigenvalue weighted by atomic mass is 32.2. The van der Waals surface area contributed by atoms with E-state index in [1.165, 1.54) is 0 Å². The summed E-state index contributed by atoms with van der Waals surface area (Å²) in [5, 5.41) is 0.971. The second kappa shape index (κ2) is 5.99. The summed E-state index contributed by atoms with van der Waals surface area (Å²) in [6.07, 6.45) is 0.0974. The van der Waals surface area contributed by atoms with Crippen molar-refractivity contribution >= 4 is 17.4 Å². The van der Waals surface area contributed by atoms with Crippen LogP contribution in [0.25, 0.3) is 0 Å². The lowest BCUT2D eigenvalue weighted by Gasteiger charge is -2.12. The molecule has 0 radical (unpaired) electrons. The van der Waals surface area contributed by atoms with Crippen LogP contribution in [0.15, 0.2) is 17.2 Å². The van der Waals surface area contributed by atoms with E-state index in [1.54, 1.807) is 11.8 Å². The lowest BCUT2D eigenvalue weighted by atomic mass is 10.3. The molecule has 90 valence electrons. The lowest BCUT2D eigenvalue weighted by Crippen LogP contribution is -2.09. The molecule has 0 atom stereocenters. The van der Waals surface area contributed by atoms with E-state index in [0.29, 0.717) is 17.5 Å². The van der Waals surface area contributed by atoms with Gasteiger partial charge in [-0.05, 0) is 31.9 Å². The van der Waals surface area contributed by atoms with Crippen LogP contribution in [0.3, 0.4) is 0 Å². The molecule has 0 aliphatic rings. The maximum atomic E-state index is 5.80. The van der Waals surface area contributed by atoms with Crippen molar-refractivity contribution in [3.8, 4) is 5.88 Å². The summed E-state index contributed by atoms with van der Waals surface area (Å²) < 4.78 is 5.54. The molecule has 0 amide bonds. The van der Waals surface area contributed by atoms with E-state index in [2.05, 4.69) is 18.8 Å². The Hall–Kier alpha value is -0.900. The van der Waals surface area contributed by atoms with E-state index in [9.17, 15) is 0 Å². The number of anilines is 1. The number of hydrogen-bond donors (Lipinski definition) is 1. The fourth-order valence-corrected chi connectivity index (χ4v) is 1.90. The highest BCUT2D eigenvalue weighted by molar-refractivity contribution is 7.99. The molecule has 2 N–H and O–H groups in total. The first-order chi connectivity index (χ1) is 7.49. The standard InChI is InChI=1S/C12H20N2OS/c1-8(2)7-16-11-6-5-10(13)12(14-11)15-9(3)4/h5-6,8-9H,7,13H2,1-4H3. The van der Waals surface area contributed by atoms with Crippen LogP contribution < -0.4 is 10.5 Å². The van der Waals surface area contributed by atoms with Gasteiger partial charge in [-0.15, -0.1) is 11.8 Å². The van der Waals surface area contributed by atoms with Crippen LogP contribution in [0.5, 0.6) is 5.88 Å². The minimum Gasteiger partial charge on any atom is -0.473 e. The van der Waals surface area contributed by atoms with Gasteiger partial charge in [0.15, 0.2) is 0 Å². The number of pyridine rings is 1. The zero-order valence-corrected chi connectivity index (χ0v) is 11.2. The number of hydrogen-bond acceptors (Lipinski definition) is 4. The molecule has 0 saturated carbocycles. The molecule has 4 heteroatoms. The van der Waals surface area contributed by atoms with E-state index in [-0.39, 0.29) is 6.10 Å². The predicted molar refractivity (Wildman–Crippen MR) is 70.0 cm³/mol. The average Bonchev–Trinajstić information content (AvgIpc) is 2.18. The van der Waals surface area contributed by atoms with Crippen molar-refractivity contribution in [2.45, 2.75) is 38.8 Å². The van der Waals surface area contributed by atoms with Crippen molar-refractivity contribution in [2.24, 2.45) is 5.92 Å². The smallest absolute Gasteiger partial charge is 0.238 e. The number of aromatic nitrogens is 1. The van der Waals surface area contributed by atoms with Gasteiger partial charge in [-0.25, -0.2) is 4.98 Å². The quantitative estimate of drug-likeness (QED) is 0.803. The third-order valence-corrected chi connectivity index (χ3v) is 3.13. The van der Waals surface area contributed by atoms with E-state index >= 15 is 0 Å². The fraction of sp³-hybridized carbons (Fsp3) is 0.583. The van der Waals surface area contributed by atoms with Gasteiger partial charge in [0.25, 0.3) is 0 Å². The number of ether oxygens (including phenoxy) is 1. The predicted octanol–water partition coefficient (Wildman–Crippen LogP) is 3.20. The first-order valence-electron chi connectivity index (χ1n) is 5.55. The SMILES string of the molecule is CC(C)CSc1ccc(N)c(OC(C)C)n1. The summed E-state index contributed by atoms with van der Waals surface area (Å²) in [6, 6.07) is 3.79. The van der Waals surface area contributed by atoms with Crippen LogP contribution >= 0.6 is 11.8 Å². The molecule has 0 aromatic carbocycles. The van der Waals surface area contributed by atoms with Gasteiger partial charge >= 0.3 is 0 Å². The molecule has 16 heavy (non-hydrogen) atoms. The van der Waals surface area contributed by atoms with Crippen molar-refractivity contribution in [3.05, 3.63) is 12.1 Å². The van der Waals surface area contributed by atoms with E-state index in [4.69, 9.17) is 10.5 Å². The highest BCUT2D eigenvalue weighted by Crippen LogP contribution is 2.26. The number of nitrogens with two attached hydrogens (primary N) is 1. The van der Waals surface area contributed by atoms with Crippen LogP contribution in [0.2, 0.25) is 0 Å². The summed E-state index contributed by atoms with van der Waals surface area (Å²) in [7, 11) is 0. The number of nitrogens with zero attached hydrogens (tertiary/aromatic N) is 1. The van der Waals surface area contributed by atoms with Crippen LogP contribution in [-0.2, 0) is 0 Å². The number of nitrogen functional groups attached to an aromatic ring is 1. The third-order valence-electron chi connectivity index (χ3n) is 1.78. The summed E-state index contributed by atoms with van der Waals surface area (Å²) in [4.78, 5) is 4.40. The largest absolute Gasteiger partial charge is 0.473 e. The zero-order valence-electron chi connectivity index (χ0n) is 10.4. The Morgan fingerprint density at radius 2 is 2.00 bits per heavy atom. The first kappa shape index (κ1) is 13.2. The maximum Gasteiger partial charge on any atom is 0.238 e. The molecule has 0 aliphatic heterocycles. The normalized spacial score (nSPS) is 11.1. The minimum atomic E-state index is 0.0974. The molecular weight excluding hydrogens is 220 g/mol. The Bertz CT molecular complexity index is 340. The lowest BCUT2D eigenvalue weighted by molar-refractivity contribution is 0.232. The molecule has 0 spiro atoms. The molecule has 3 nitrogen and oxygen atoms in total. The molecule has 1 aromatic rings. The fourth-order valence-electron chi connectivity index (χ4n) is 1.08. The number of rotatable bonds is 5. The average molecular weight is 240 g/mol. The monoisotopic (exact) mass is 240 g/mol. The Kier molecular flexibility index (Phi) is 4.93. The van der Waals surface area contributed by atoms with Crippen LogP contribution in [-0.4, -0.2) is 16.8 Å². The molecular formula is C12H20N2OS. The Morgan fingerprint density at radius 1 is 1.31 bits per heavy atom. The molecule has 0 bridgehead atoms. The highest BCUT2D eigenvalue weighted by Gasteiger charge is 2.07. The van der Waals surface area contributed by atoms with Crippen LogP contribution in [0.1, 0.15) is 27.7 Å². The van der Waals surface area contributed by atoms with Crippen molar-refractivity contribution in [2.75, 3.05) is 11.5 Å². The third kappa shape index (κ3) is 4.31. The van der Waals surface area contributed by atoms with Gasteiger partial charge in [-0.1, -0.05) is 13.8 Å².